The van der Waals surface area contributed by atoms with Crippen LogP contribution in [0.4, 0.5) is 5.69 Å². The molecule has 1 atom stereocenters. The average Bonchev–Trinajstić information content (AvgIpc) is 3.51. The van der Waals surface area contributed by atoms with Gasteiger partial charge < -0.3 is 15.0 Å². The van der Waals surface area contributed by atoms with Crippen molar-refractivity contribution in [2.75, 3.05) is 5.32 Å². The molecule has 0 spiro atoms. The molecule has 168 valence electrons. The van der Waals surface area contributed by atoms with Crippen LogP contribution in [0.2, 0.25) is 0 Å². The lowest BCUT2D eigenvalue weighted by Gasteiger charge is -2.12. The van der Waals surface area contributed by atoms with E-state index in [0.717, 1.165) is 11.1 Å². The fourth-order valence-corrected chi connectivity index (χ4v) is 3.67. The van der Waals surface area contributed by atoms with Crippen LogP contribution in [-0.2, 0) is 4.79 Å². The first kappa shape index (κ1) is 21.1. The number of aromatic amines is 1. The maximum absolute atomic E-state index is 11.6. The molecule has 0 fully saturated rings. The maximum Gasteiger partial charge on any atom is 0.247 e. The van der Waals surface area contributed by atoms with E-state index in [1.54, 1.807) is 30.5 Å². The van der Waals surface area contributed by atoms with E-state index in [0.29, 0.717) is 28.5 Å². The number of ether oxygens (including phenoxy) is 1. The molecule has 2 aromatic carbocycles. The van der Waals surface area contributed by atoms with E-state index in [-0.39, 0.29) is 11.9 Å². The molecule has 34 heavy (non-hydrogen) atoms. The standard InChI is InChI=1S/C26H22N6O2/c1-3-23(33)30-20-10-7-11-21(12-20)34-24-15-28-26-25(31-24)22(14-27-26)19-13-29-32(16-19)17(2)18-8-5-4-6-9-18/h3-17H,1H2,2H3,(H,27,28)(H,30,33). The number of nitrogens with zero attached hydrogens (tertiary/aromatic N) is 4. The molecule has 3 aromatic heterocycles. The third-order valence-corrected chi connectivity index (χ3v) is 5.46. The highest BCUT2D eigenvalue weighted by Crippen LogP contribution is 2.30. The number of H-pyrrole nitrogens is 1. The maximum atomic E-state index is 11.6. The summed E-state index contributed by atoms with van der Waals surface area (Å²) in [6, 6.07) is 17.4. The SMILES string of the molecule is C=CC(=O)Nc1cccc(Oc2cnc3[nH]cc(-c4cnn(C(C)c5ccccc5)c4)c3n2)c1. The zero-order chi connectivity index (χ0) is 23.5. The van der Waals surface area contributed by atoms with Crippen LogP contribution in [0, 0.1) is 0 Å². The number of anilines is 1. The Kier molecular flexibility index (Phi) is 5.61. The molecule has 0 saturated carbocycles. The Hall–Kier alpha value is -4.72. The number of hydrogen-bond acceptors (Lipinski definition) is 5. The monoisotopic (exact) mass is 450 g/mol. The van der Waals surface area contributed by atoms with Gasteiger partial charge >= 0.3 is 0 Å². The van der Waals surface area contributed by atoms with Crippen LogP contribution < -0.4 is 10.1 Å². The van der Waals surface area contributed by atoms with Crippen molar-refractivity contribution in [2.24, 2.45) is 0 Å². The summed E-state index contributed by atoms with van der Waals surface area (Å²) in [6.45, 7) is 5.57. The molecular formula is C26H22N6O2. The van der Waals surface area contributed by atoms with Gasteiger partial charge in [0.05, 0.1) is 18.4 Å². The summed E-state index contributed by atoms with van der Waals surface area (Å²) >= 11 is 0. The van der Waals surface area contributed by atoms with Crippen molar-refractivity contribution in [1.29, 1.82) is 0 Å². The second-order valence-electron chi connectivity index (χ2n) is 7.73. The fraction of sp³-hybridized carbons (Fsp3) is 0.0769. The van der Waals surface area contributed by atoms with E-state index >= 15 is 0 Å². The lowest BCUT2D eigenvalue weighted by Crippen LogP contribution is -2.07. The molecule has 3 heterocycles. The van der Waals surface area contributed by atoms with Crippen molar-refractivity contribution in [1.82, 2.24) is 24.7 Å². The highest BCUT2D eigenvalue weighted by atomic mass is 16.5. The summed E-state index contributed by atoms with van der Waals surface area (Å²) in [7, 11) is 0. The summed E-state index contributed by atoms with van der Waals surface area (Å²) in [5.74, 6) is 0.570. The van der Waals surface area contributed by atoms with Gasteiger partial charge in [-0.3, -0.25) is 9.48 Å². The van der Waals surface area contributed by atoms with Crippen molar-refractivity contribution in [3.63, 3.8) is 0 Å². The molecule has 5 aromatic rings. The van der Waals surface area contributed by atoms with Gasteiger partial charge in [0.2, 0.25) is 11.8 Å². The quantitative estimate of drug-likeness (QED) is 0.326. The van der Waals surface area contributed by atoms with E-state index in [1.165, 1.54) is 11.6 Å². The average molecular weight is 451 g/mol. The van der Waals surface area contributed by atoms with Gasteiger partial charge in [0, 0.05) is 35.3 Å². The normalized spacial score (nSPS) is 11.8. The van der Waals surface area contributed by atoms with Gasteiger partial charge in [0.15, 0.2) is 5.65 Å². The van der Waals surface area contributed by atoms with Gasteiger partial charge in [-0.15, -0.1) is 0 Å². The number of hydrogen-bond donors (Lipinski definition) is 2. The summed E-state index contributed by atoms with van der Waals surface area (Å²) in [5.41, 5.74) is 4.91. The Morgan fingerprint density at radius 3 is 2.85 bits per heavy atom. The smallest absolute Gasteiger partial charge is 0.247 e. The molecule has 1 unspecified atom stereocenters. The summed E-state index contributed by atoms with van der Waals surface area (Å²) in [5, 5.41) is 7.28. The van der Waals surface area contributed by atoms with Crippen LogP contribution in [0.1, 0.15) is 18.5 Å². The summed E-state index contributed by atoms with van der Waals surface area (Å²) in [4.78, 5) is 23.8. The highest BCUT2D eigenvalue weighted by molar-refractivity contribution is 5.99. The first-order valence-corrected chi connectivity index (χ1v) is 10.8. The van der Waals surface area contributed by atoms with Crippen molar-refractivity contribution >= 4 is 22.8 Å². The first-order chi connectivity index (χ1) is 16.6. The zero-order valence-electron chi connectivity index (χ0n) is 18.5. The number of carbonyl (C=O) groups is 1. The highest BCUT2D eigenvalue weighted by Gasteiger charge is 2.15. The largest absolute Gasteiger partial charge is 0.437 e. The molecule has 0 aliphatic rings. The minimum absolute atomic E-state index is 0.0963. The lowest BCUT2D eigenvalue weighted by molar-refractivity contribution is -0.111. The topological polar surface area (TPSA) is 97.7 Å². The summed E-state index contributed by atoms with van der Waals surface area (Å²) in [6.07, 6.45) is 8.46. The molecule has 5 rings (SSSR count). The lowest BCUT2D eigenvalue weighted by atomic mass is 10.1. The van der Waals surface area contributed by atoms with Gasteiger partial charge in [-0.05, 0) is 30.7 Å². The summed E-state index contributed by atoms with van der Waals surface area (Å²) < 4.78 is 7.85. The molecule has 0 aliphatic carbocycles. The molecule has 0 radical (unpaired) electrons. The van der Waals surface area contributed by atoms with Gasteiger partial charge in [-0.25, -0.2) is 9.97 Å². The second kappa shape index (κ2) is 9.03. The number of amides is 1. The van der Waals surface area contributed by atoms with Crippen LogP contribution in [0.5, 0.6) is 11.6 Å². The number of nitrogens with one attached hydrogen (secondary N) is 2. The van der Waals surface area contributed by atoms with Crippen molar-refractivity contribution < 1.29 is 9.53 Å². The van der Waals surface area contributed by atoms with E-state index in [9.17, 15) is 4.79 Å². The molecule has 8 heteroatoms. The Labute approximate surface area is 196 Å². The van der Waals surface area contributed by atoms with Gasteiger partial charge in [-0.2, -0.15) is 5.10 Å². The van der Waals surface area contributed by atoms with Crippen molar-refractivity contribution in [2.45, 2.75) is 13.0 Å². The predicted molar refractivity (Wildman–Crippen MR) is 131 cm³/mol. The van der Waals surface area contributed by atoms with Gasteiger partial charge in [0.1, 0.15) is 11.3 Å². The Morgan fingerprint density at radius 2 is 2.03 bits per heavy atom. The van der Waals surface area contributed by atoms with Crippen LogP contribution in [0.3, 0.4) is 0 Å². The third-order valence-electron chi connectivity index (χ3n) is 5.46. The Balaban J connectivity index is 1.41. The Bertz CT molecular complexity index is 1470. The van der Waals surface area contributed by atoms with Crippen molar-refractivity contribution in [3.05, 3.63) is 97.6 Å². The van der Waals surface area contributed by atoms with Gasteiger partial charge in [-0.1, -0.05) is 43.0 Å². The van der Waals surface area contributed by atoms with Crippen LogP contribution in [-0.4, -0.2) is 30.6 Å². The first-order valence-electron chi connectivity index (χ1n) is 10.8. The molecule has 0 bridgehead atoms. The minimum atomic E-state index is -0.294. The molecule has 0 aliphatic heterocycles. The molecule has 1 amide bonds. The van der Waals surface area contributed by atoms with Crippen LogP contribution >= 0.6 is 0 Å². The fourth-order valence-electron chi connectivity index (χ4n) is 3.67. The van der Waals surface area contributed by atoms with Crippen molar-refractivity contribution in [3.8, 4) is 22.8 Å². The number of aromatic nitrogens is 5. The predicted octanol–water partition coefficient (Wildman–Crippen LogP) is 5.35. The zero-order valence-corrected chi connectivity index (χ0v) is 18.5. The van der Waals surface area contributed by atoms with E-state index < -0.39 is 0 Å². The van der Waals surface area contributed by atoms with Crippen LogP contribution in [0.25, 0.3) is 22.3 Å². The number of carbonyl (C=O) groups excluding carboxylic acids is 1. The molecule has 2 N–H and O–H groups in total. The number of benzene rings is 2. The second-order valence-corrected chi connectivity index (χ2v) is 7.73. The molecule has 0 saturated heterocycles. The van der Waals surface area contributed by atoms with E-state index in [2.05, 4.69) is 51.0 Å². The molecular weight excluding hydrogens is 428 g/mol. The number of rotatable bonds is 7. The Morgan fingerprint density at radius 1 is 1.18 bits per heavy atom. The number of fused-ring (bicyclic) bond motifs is 1. The van der Waals surface area contributed by atoms with Crippen LogP contribution in [0.15, 0.2) is 92.0 Å². The van der Waals surface area contributed by atoms with E-state index in [1.807, 2.05) is 41.5 Å². The van der Waals surface area contributed by atoms with E-state index in [4.69, 9.17) is 4.74 Å². The third kappa shape index (κ3) is 4.29. The van der Waals surface area contributed by atoms with Gasteiger partial charge in [0.25, 0.3) is 0 Å². The molecule has 8 nitrogen and oxygen atoms in total. The minimum Gasteiger partial charge on any atom is -0.437 e.